The van der Waals surface area contributed by atoms with Crippen LogP contribution in [-0.2, 0) is 20.9 Å². The predicted octanol–water partition coefficient (Wildman–Crippen LogP) is 7.21. The number of carboxylic acids is 1. The fourth-order valence-corrected chi connectivity index (χ4v) is 7.87. The SMILES string of the molecule is CCCS(=O)(=[OH+])Nc1cc(N(CC(C)C)c2sc3c(c2C)C(C)(C)CCC3(C)C)ccc1C(=O)O. The van der Waals surface area contributed by atoms with Crippen LogP contribution >= 0.6 is 11.3 Å². The quantitative estimate of drug-likeness (QED) is 0.341. The summed E-state index contributed by atoms with van der Waals surface area (Å²) in [4.78, 5) is 15.6. The molecule has 2 aromatic rings. The molecule has 3 rings (SSSR count). The number of carbonyl (C=O) groups is 1. The van der Waals surface area contributed by atoms with Gasteiger partial charge in [-0.15, -0.1) is 11.3 Å². The summed E-state index contributed by atoms with van der Waals surface area (Å²) >= 11 is 1.84. The molecule has 0 fully saturated rings. The number of anilines is 3. The van der Waals surface area contributed by atoms with E-state index in [1.807, 2.05) is 24.3 Å². The Balaban J connectivity index is 2.20. The van der Waals surface area contributed by atoms with Crippen LogP contribution in [0.2, 0.25) is 0 Å². The average molecular weight is 522 g/mol. The zero-order chi connectivity index (χ0) is 26.3. The van der Waals surface area contributed by atoms with Crippen molar-refractivity contribution in [1.82, 2.24) is 0 Å². The van der Waals surface area contributed by atoms with E-state index in [1.165, 1.54) is 27.1 Å². The van der Waals surface area contributed by atoms with Crippen molar-refractivity contribution in [3.8, 4) is 0 Å². The number of rotatable bonds is 9. The molecule has 0 saturated heterocycles. The van der Waals surface area contributed by atoms with Crippen LogP contribution in [0.25, 0.3) is 0 Å². The third-order valence-electron chi connectivity index (χ3n) is 6.88. The van der Waals surface area contributed by atoms with E-state index in [0.29, 0.717) is 12.3 Å². The highest BCUT2D eigenvalue weighted by molar-refractivity contribution is 7.92. The Bertz CT molecular complexity index is 1210. The summed E-state index contributed by atoms with van der Waals surface area (Å²) < 4.78 is 25.6. The van der Waals surface area contributed by atoms with E-state index in [1.54, 1.807) is 6.07 Å². The molecule has 0 amide bonds. The molecule has 194 valence electrons. The van der Waals surface area contributed by atoms with Crippen molar-refractivity contribution in [2.75, 3.05) is 21.9 Å². The first-order valence-electron chi connectivity index (χ1n) is 12.4. The molecule has 1 unspecified atom stereocenters. The van der Waals surface area contributed by atoms with Gasteiger partial charge < -0.3 is 10.0 Å². The molecule has 0 spiro atoms. The fraction of sp³-hybridized carbons (Fsp3) is 0.593. The minimum Gasteiger partial charge on any atom is -0.478 e. The van der Waals surface area contributed by atoms with Crippen molar-refractivity contribution in [2.45, 2.75) is 85.5 Å². The Labute approximate surface area is 214 Å². The lowest BCUT2D eigenvalue weighted by atomic mass is 9.66. The molecular weight excluding hydrogens is 480 g/mol. The first-order valence-corrected chi connectivity index (χ1v) is 14.9. The van der Waals surface area contributed by atoms with Gasteiger partial charge in [0.2, 0.25) is 0 Å². The van der Waals surface area contributed by atoms with Gasteiger partial charge >= 0.3 is 16.0 Å². The van der Waals surface area contributed by atoms with E-state index in [4.69, 9.17) is 0 Å². The van der Waals surface area contributed by atoms with E-state index in [9.17, 15) is 18.3 Å². The second kappa shape index (κ2) is 9.77. The predicted molar refractivity (Wildman–Crippen MR) is 148 cm³/mol. The molecule has 0 aliphatic heterocycles. The highest BCUT2D eigenvalue weighted by Crippen LogP contribution is 2.54. The van der Waals surface area contributed by atoms with Crippen molar-refractivity contribution >= 4 is 43.7 Å². The number of hydrogen-bond donors (Lipinski definition) is 2. The minimum absolute atomic E-state index is 0.0133. The second-order valence-electron chi connectivity index (χ2n) is 11.5. The standard InChI is InChI=1S/C27H40N2O4S2/c1-9-14-35(32,33)28-21-15-19(10-11-20(21)25(30)31)29(16-17(2)3)24-18(4)22-23(34-24)27(7,8)13-12-26(22,5)6/h10-11,15,17H,9,12-14,16H2,1-8H3,(H,30,31)(H,28,32,33)/p+1. The first-order chi connectivity index (χ1) is 16.1. The number of thiophene rings is 1. The molecule has 1 aromatic carbocycles. The maximum absolute atomic E-state index is 12.6. The molecule has 1 aromatic heterocycles. The van der Waals surface area contributed by atoms with Gasteiger partial charge in [-0.25, -0.2) is 13.7 Å². The van der Waals surface area contributed by atoms with E-state index >= 15 is 0 Å². The number of hydrogen-bond acceptors (Lipinski definition) is 4. The molecule has 35 heavy (non-hydrogen) atoms. The van der Waals surface area contributed by atoms with Crippen molar-refractivity contribution in [3.63, 3.8) is 0 Å². The van der Waals surface area contributed by atoms with Crippen LogP contribution in [0, 0.1) is 12.8 Å². The summed E-state index contributed by atoms with van der Waals surface area (Å²) in [7, 11) is -3.39. The first kappa shape index (κ1) is 27.5. The number of aromatic carboxylic acids is 1. The van der Waals surface area contributed by atoms with E-state index < -0.39 is 16.0 Å². The number of fused-ring (bicyclic) bond motifs is 1. The lowest BCUT2D eigenvalue weighted by Crippen LogP contribution is -2.32. The molecule has 8 heteroatoms. The third kappa shape index (κ3) is 5.69. The van der Waals surface area contributed by atoms with Crippen LogP contribution in [-0.4, -0.2) is 31.8 Å². The number of carboxylic acid groups (broad SMARTS) is 1. The molecule has 0 bridgehead atoms. The van der Waals surface area contributed by atoms with Crippen molar-refractivity contribution in [1.29, 1.82) is 0 Å². The average Bonchev–Trinajstić information content (AvgIpc) is 3.08. The van der Waals surface area contributed by atoms with Gasteiger partial charge in [0, 0.05) is 17.1 Å². The van der Waals surface area contributed by atoms with E-state index in [2.05, 4.69) is 58.1 Å². The molecule has 1 heterocycles. The normalized spacial score (nSPS) is 18.1. The van der Waals surface area contributed by atoms with Crippen molar-refractivity contribution in [2.24, 2.45) is 5.92 Å². The molecular formula is C27H41N2O4S2+. The van der Waals surface area contributed by atoms with Gasteiger partial charge in [0.15, 0.2) is 0 Å². The van der Waals surface area contributed by atoms with Gasteiger partial charge in [-0.05, 0) is 72.3 Å². The van der Waals surface area contributed by atoms with Gasteiger partial charge in [-0.3, -0.25) is 0 Å². The second-order valence-corrected chi connectivity index (χ2v) is 14.4. The topological polar surface area (TPSA) is 91.0 Å². The smallest absolute Gasteiger partial charge is 0.365 e. The molecule has 3 N–H and O–H groups in total. The van der Waals surface area contributed by atoms with Crippen molar-refractivity contribution < 1.29 is 18.3 Å². The summed E-state index contributed by atoms with van der Waals surface area (Å²) in [5.41, 5.74) is 3.88. The van der Waals surface area contributed by atoms with Crippen LogP contribution in [0.5, 0.6) is 0 Å². The maximum Gasteiger partial charge on any atom is 0.365 e. The van der Waals surface area contributed by atoms with Gasteiger partial charge in [0.1, 0.15) is 5.75 Å². The van der Waals surface area contributed by atoms with Gasteiger partial charge in [-0.2, -0.15) is 4.21 Å². The van der Waals surface area contributed by atoms with E-state index in [-0.39, 0.29) is 27.8 Å². The van der Waals surface area contributed by atoms with Gasteiger partial charge in [0.05, 0.1) is 16.3 Å². The number of nitrogens with one attached hydrogen (secondary N) is 1. The lowest BCUT2D eigenvalue weighted by molar-refractivity contribution is 0.0698. The molecule has 1 aliphatic rings. The largest absolute Gasteiger partial charge is 0.478 e. The van der Waals surface area contributed by atoms with E-state index in [0.717, 1.165) is 25.1 Å². The Kier molecular flexibility index (Phi) is 7.68. The zero-order valence-corrected chi connectivity index (χ0v) is 24.0. The van der Waals surface area contributed by atoms with Crippen molar-refractivity contribution in [3.05, 3.63) is 39.8 Å². The summed E-state index contributed by atoms with van der Waals surface area (Å²) in [5, 5.41) is 10.9. The fourth-order valence-electron chi connectivity index (χ4n) is 5.06. The number of benzene rings is 1. The Hall–Kier alpha value is -2.06. The summed E-state index contributed by atoms with van der Waals surface area (Å²) in [6.45, 7) is 18.4. The summed E-state index contributed by atoms with van der Waals surface area (Å²) in [6, 6.07) is 5.06. The Morgan fingerprint density at radius 1 is 1.23 bits per heavy atom. The van der Waals surface area contributed by atoms with Crippen LogP contribution in [0.3, 0.4) is 0 Å². The summed E-state index contributed by atoms with van der Waals surface area (Å²) in [6.07, 6.45) is 2.79. The number of nitrogens with zero attached hydrogens (tertiary/aromatic N) is 1. The monoisotopic (exact) mass is 521 g/mol. The third-order valence-corrected chi connectivity index (χ3v) is 10.1. The molecule has 6 nitrogen and oxygen atoms in total. The molecule has 1 aliphatic carbocycles. The lowest BCUT2D eigenvalue weighted by Gasteiger charge is -2.39. The molecule has 0 radical (unpaired) electrons. The highest BCUT2D eigenvalue weighted by Gasteiger charge is 2.41. The Morgan fingerprint density at radius 2 is 1.86 bits per heavy atom. The van der Waals surface area contributed by atoms with Crippen LogP contribution in [0.1, 0.15) is 94.1 Å². The highest BCUT2D eigenvalue weighted by atomic mass is 32.2. The van der Waals surface area contributed by atoms with Crippen LogP contribution in [0.4, 0.5) is 16.4 Å². The maximum atomic E-state index is 12.6. The zero-order valence-electron chi connectivity index (χ0n) is 22.3. The van der Waals surface area contributed by atoms with Gasteiger partial charge in [0.25, 0.3) is 0 Å². The van der Waals surface area contributed by atoms with Gasteiger partial charge in [-0.1, -0.05) is 48.5 Å². The summed E-state index contributed by atoms with van der Waals surface area (Å²) in [5.74, 6) is -0.730. The molecule has 0 saturated carbocycles. The molecule has 1 atom stereocenters. The van der Waals surface area contributed by atoms with Crippen LogP contribution < -0.4 is 9.62 Å². The van der Waals surface area contributed by atoms with Crippen LogP contribution in [0.15, 0.2) is 18.2 Å². The Morgan fingerprint density at radius 3 is 2.40 bits per heavy atom. The minimum atomic E-state index is -3.39.